The molecule has 68 heavy (non-hydrogen) atoms. The number of carbonyl (C=O) groups is 3. The van der Waals surface area contributed by atoms with Gasteiger partial charge in [-0.3, -0.25) is 14.8 Å². The fraction of sp³-hybridized carbons (Fsp3) is 0.373. The summed E-state index contributed by atoms with van der Waals surface area (Å²) < 4.78 is 55.7. The van der Waals surface area contributed by atoms with Crippen LogP contribution in [0.4, 0.5) is 13.6 Å². The number of nitrogens with one attached hydrogen (secondary N) is 1. The number of ether oxygens (including phenoxy) is 5. The second kappa shape index (κ2) is 21.9. The van der Waals surface area contributed by atoms with Crippen LogP contribution in [0.25, 0.3) is 0 Å². The third-order valence-corrected chi connectivity index (χ3v) is 14.6. The number of halogens is 4. The average molecular weight is 988 g/mol. The van der Waals surface area contributed by atoms with Gasteiger partial charge in [0.25, 0.3) is 0 Å². The van der Waals surface area contributed by atoms with E-state index in [4.69, 9.17) is 46.9 Å². The van der Waals surface area contributed by atoms with Crippen molar-refractivity contribution in [1.29, 1.82) is 0 Å². The number of fused-ring (bicyclic) bond motifs is 3. The Morgan fingerprint density at radius 1 is 0.824 bits per heavy atom. The molecule has 10 rings (SSSR count). The molecule has 4 saturated heterocycles. The van der Waals surface area contributed by atoms with E-state index in [1.807, 2.05) is 47.4 Å². The lowest BCUT2D eigenvalue weighted by molar-refractivity contribution is -0.152. The van der Waals surface area contributed by atoms with Crippen molar-refractivity contribution in [2.24, 2.45) is 11.8 Å². The van der Waals surface area contributed by atoms with Crippen molar-refractivity contribution in [3.63, 3.8) is 0 Å². The fourth-order valence-electron chi connectivity index (χ4n) is 8.94. The zero-order chi connectivity index (χ0) is 47.1. The van der Waals surface area contributed by atoms with Gasteiger partial charge < -0.3 is 29.0 Å². The molecular weight excluding hydrogens is 938 g/mol. The summed E-state index contributed by atoms with van der Waals surface area (Å²) in [6, 6.07) is 27.6. The Morgan fingerprint density at radius 3 is 2.32 bits per heavy atom. The number of alkyl carbamates (subject to hydrolysis) is 1. The standard InChI is InChI=1S/C51H50Cl2F2N4O8S/c52-40-26-56-27-41(53)39(40)25-43(35-14-15-42(66-50(54)55)44(24-35)63-30-31-12-13-31)65-49(61)47-59(20-21-68-47)28-32-6-4-10-37(22-32)48(60)64-38-11-5-9-36(23-38)46(34-7-2-1-3-8-34)57-51(62)67-45-29-58-18-16-33(45)17-19-58/h1-11,14-15,22-24,26-27,31,33,43,45-47,50H,12-13,16-21,25,28-30H2,(H,57,62)/t43-,45-,46-,47-/m0/s1. The van der Waals surface area contributed by atoms with E-state index in [1.165, 1.54) is 30.2 Å². The van der Waals surface area contributed by atoms with Gasteiger partial charge in [0, 0.05) is 44.2 Å². The molecule has 4 atom stereocenters. The maximum atomic E-state index is 14.2. The largest absolute Gasteiger partial charge is 0.489 e. The zero-order valence-electron chi connectivity index (χ0n) is 36.9. The van der Waals surface area contributed by atoms with Gasteiger partial charge in [0.15, 0.2) is 16.9 Å². The molecule has 5 fully saturated rings. The SMILES string of the molecule is O=C(N[C@@H](c1ccccc1)c1cccc(OC(=O)c2cccc(CN3CCS[C@H]3C(=O)O[C@@H](Cc3c(Cl)cncc3Cl)c3ccc(OC(F)F)c(OCC4CC4)c3)c2)c1)O[C@H]1CN2CCC1CC2. The summed E-state index contributed by atoms with van der Waals surface area (Å²) in [5, 5.41) is 2.90. The molecule has 5 aromatic rings. The lowest BCUT2D eigenvalue weighted by atomic mass is 9.86. The van der Waals surface area contributed by atoms with Gasteiger partial charge in [0.05, 0.1) is 28.3 Å². The summed E-state index contributed by atoms with van der Waals surface area (Å²) in [5.41, 5.74) is 3.59. The predicted molar refractivity (Wildman–Crippen MR) is 253 cm³/mol. The fourth-order valence-corrected chi connectivity index (χ4v) is 10.6. The number of carbonyl (C=O) groups excluding carboxylic acids is 3. The maximum absolute atomic E-state index is 14.2. The molecule has 1 aliphatic carbocycles. The second-order valence-corrected chi connectivity index (χ2v) is 19.5. The van der Waals surface area contributed by atoms with E-state index in [9.17, 15) is 23.2 Å². The van der Waals surface area contributed by atoms with Crippen LogP contribution in [0.15, 0.2) is 109 Å². The summed E-state index contributed by atoms with van der Waals surface area (Å²) in [6.45, 7) is 0.952. The number of benzene rings is 4. The first-order chi connectivity index (χ1) is 33.0. The van der Waals surface area contributed by atoms with Gasteiger partial charge >= 0.3 is 24.6 Å². The minimum Gasteiger partial charge on any atom is -0.489 e. The number of hydrogen-bond acceptors (Lipinski definition) is 12. The number of pyridine rings is 1. The van der Waals surface area contributed by atoms with Crippen LogP contribution in [0.3, 0.4) is 0 Å². The third kappa shape index (κ3) is 12.0. The highest BCUT2D eigenvalue weighted by atomic mass is 35.5. The molecule has 2 bridgehead atoms. The molecule has 4 aromatic carbocycles. The maximum Gasteiger partial charge on any atom is 0.408 e. The van der Waals surface area contributed by atoms with Crippen LogP contribution in [0.5, 0.6) is 17.2 Å². The molecule has 1 N–H and O–H groups in total. The lowest BCUT2D eigenvalue weighted by Gasteiger charge is -2.43. The van der Waals surface area contributed by atoms with E-state index >= 15 is 0 Å². The molecule has 1 amide bonds. The molecule has 5 aliphatic rings. The Labute approximate surface area is 407 Å². The molecule has 0 spiro atoms. The van der Waals surface area contributed by atoms with Gasteiger partial charge in [-0.2, -0.15) is 8.78 Å². The summed E-state index contributed by atoms with van der Waals surface area (Å²) in [4.78, 5) is 49.7. The van der Waals surface area contributed by atoms with Crippen LogP contribution < -0.4 is 19.5 Å². The second-order valence-electron chi connectivity index (χ2n) is 17.5. The number of piperidine rings is 3. The highest BCUT2D eigenvalue weighted by Crippen LogP contribution is 2.39. The molecule has 1 aromatic heterocycles. The minimum absolute atomic E-state index is 0.0587. The topological polar surface area (TPSA) is 129 Å². The van der Waals surface area contributed by atoms with E-state index < -0.39 is 42.2 Å². The van der Waals surface area contributed by atoms with E-state index in [2.05, 4.69) is 15.2 Å². The number of nitrogens with zero attached hydrogens (tertiary/aromatic N) is 3. The molecule has 1 saturated carbocycles. The molecule has 0 unspecified atom stereocenters. The number of thioether (sulfide) groups is 1. The molecule has 356 valence electrons. The van der Waals surface area contributed by atoms with E-state index in [0.29, 0.717) is 65.3 Å². The van der Waals surface area contributed by atoms with Gasteiger partial charge in [-0.25, -0.2) is 14.4 Å². The van der Waals surface area contributed by atoms with Crippen molar-refractivity contribution in [3.05, 3.63) is 153 Å². The lowest BCUT2D eigenvalue weighted by Crippen LogP contribution is -2.52. The molecule has 12 nitrogen and oxygen atoms in total. The van der Waals surface area contributed by atoms with Crippen LogP contribution in [-0.2, 0) is 27.2 Å². The molecule has 4 aliphatic heterocycles. The highest BCUT2D eigenvalue weighted by Gasteiger charge is 2.38. The summed E-state index contributed by atoms with van der Waals surface area (Å²) in [7, 11) is 0. The monoisotopic (exact) mass is 986 g/mol. The number of aromatic nitrogens is 1. The normalized spacial score (nSPS) is 20.9. The highest BCUT2D eigenvalue weighted by molar-refractivity contribution is 8.00. The Morgan fingerprint density at radius 2 is 1.59 bits per heavy atom. The van der Waals surface area contributed by atoms with Crippen molar-refractivity contribution < 1.29 is 46.8 Å². The number of hydrogen-bond donors (Lipinski definition) is 1. The average Bonchev–Trinajstić information content (AvgIpc) is 4.06. The van der Waals surface area contributed by atoms with Gasteiger partial charge in [-0.1, -0.05) is 83.9 Å². The first-order valence-electron chi connectivity index (χ1n) is 22.7. The number of esters is 2. The van der Waals surface area contributed by atoms with Crippen LogP contribution in [0.1, 0.15) is 76.0 Å². The quantitative estimate of drug-likeness (QED) is 0.0663. The van der Waals surface area contributed by atoms with E-state index in [-0.39, 0.29) is 34.1 Å². The van der Waals surface area contributed by atoms with Crippen LogP contribution in [-0.4, -0.2) is 89.4 Å². The summed E-state index contributed by atoms with van der Waals surface area (Å²) in [6.07, 6.45) is 5.35. The third-order valence-electron chi connectivity index (χ3n) is 12.7. The van der Waals surface area contributed by atoms with Crippen molar-refractivity contribution in [1.82, 2.24) is 20.1 Å². The minimum atomic E-state index is -3.07. The van der Waals surface area contributed by atoms with Crippen molar-refractivity contribution in [2.45, 2.75) is 68.9 Å². The van der Waals surface area contributed by atoms with Crippen molar-refractivity contribution in [2.75, 3.05) is 38.5 Å². The molecule has 5 heterocycles. The Balaban J connectivity index is 0.877. The smallest absolute Gasteiger partial charge is 0.408 e. The van der Waals surface area contributed by atoms with Crippen LogP contribution in [0, 0.1) is 11.8 Å². The van der Waals surface area contributed by atoms with Crippen LogP contribution >= 0.6 is 35.0 Å². The first-order valence-corrected chi connectivity index (χ1v) is 24.5. The zero-order valence-corrected chi connectivity index (χ0v) is 39.3. The number of alkyl halides is 2. The Hall–Kier alpha value is -5.45. The predicted octanol–water partition coefficient (Wildman–Crippen LogP) is 10.3. The van der Waals surface area contributed by atoms with Crippen LogP contribution in [0.2, 0.25) is 10.0 Å². The molecule has 17 heteroatoms. The summed E-state index contributed by atoms with van der Waals surface area (Å²) in [5.74, 6) is 0.493. The van der Waals surface area contributed by atoms with E-state index in [1.54, 1.807) is 48.5 Å². The van der Waals surface area contributed by atoms with Crippen molar-refractivity contribution in [3.8, 4) is 17.2 Å². The number of rotatable bonds is 18. The van der Waals surface area contributed by atoms with Gasteiger partial charge in [-0.15, -0.1) is 11.8 Å². The molecular formula is C51H50Cl2F2N4O8S. The first kappa shape index (κ1) is 47.6. The Bertz CT molecular complexity index is 2570. The Kier molecular flexibility index (Phi) is 15.3. The molecule has 0 radical (unpaired) electrons. The van der Waals surface area contributed by atoms with E-state index in [0.717, 1.165) is 56.4 Å². The van der Waals surface area contributed by atoms with Gasteiger partial charge in [0.2, 0.25) is 0 Å². The summed E-state index contributed by atoms with van der Waals surface area (Å²) >= 11 is 14.5. The van der Waals surface area contributed by atoms with Gasteiger partial charge in [0.1, 0.15) is 18.0 Å². The number of amides is 1. The van der Waals surface area contributed by atoms with Crippen molar-refractivity contribution >= 4 is 53.0 Å². The van der Waals surface area contributed by atoms with Gasteiger partial charge in [-0.05, 0) is 115 Å².